The number of nitrogens with zero attached hydrogens (tertiary/aromatic N) is 2. The van der Waals surface area contributed by atoms with Crippen LogP contribution in [0.2, 0.25) is 0 Å². The molecule has 0 aliphatic carbocycles. The summed E-state index contributed by atoms with van der Waals surface area (Å²) in [5.74, 6) is -2.02. The van der Waals surface area contributed by atoms with Crippen molar-refractivity contribution in [2.45, 2.75) is 86.8 Å². The summed E-state index contributed by atoms with van der Waals surface area (Å²) in [7, 11) is -18.1. The van der Waals surface area contributed by atoms with E-state index in [2.05, 4.69) is 0 Å². The number of hydrogen-bond acceptors (Lipinski definition) is 11. The monoisotopic (exact) mass is 958 g/mol. The van der Waals surface area contributed by atoms with Crippen molar-refractivity contribution >= 4 is 98.7 Å². The van der Waals surface area contributed by atoms with Crippen LogP contribution in [0.15, 0.2) is 100 Å². The van der Waals surface area contributed by atoms with Crippen LogP contribution >= 0.6 is 0 Å². The van der Waals surface area contributed by atoms with Crippen molar-refractivity contribution in [2.24, 2.45) is 0 Å². The van der Waals surface area contributed by atoms with Crippen LogP contribution in [-0.4, -0.2) is 127 Å². The fourth-order valence-corrected chi connectivity index (χ4v) is 10.1. The van der Waals surface area contributed by atoms with Crippen LogP contribution in [0, 0.1) is 0 Å². The van der Waals surface area contributed by atoms with Gasteiger partial charge in [-0.25, -0.2) is 8.42 Å². The normalized spacial score (nSPS) is 17.0. The van der Waals surface area contributed by atoms with Crippen LogP contribution < -0.4 is 4.90 Å². The summed E-state index contributed by atoms with van der Waals surface area (Å²) in [6.07, 6.45) is 8.66. The van der Waals surface area contributed by atoms with Gasteiger partial charge in [0.15, 0.2) is 5.71 Å². The second kappa shape index (κ2) is 19.9. The maximum atomic E-state index is 12.2. The van der Waals surface area contributed by atoms with Crippen LogP contribution in [-0.2, 0) is 62.5 Å². The molecule has 3 aromatic rings. The van der Waals surface area contributed by atoms with Crippen LogP contribution in [0.4, 0.5) is 11.4 Å². The van der Waals surface area contributed by atoms with E-state index in [9.17, 15) is 61.8 Å². The quantitative estimate of drug-likeness (QED) is 0.0394. The Kier molecular flexibility index (Phi) is 16.5. The van der Waals surface area contributed by atoms with E-state index in [0.717, 1.165) is 11.1 Å². The number of aryl methyl sites for hydroxylation is 1. The summed E-state index contributed by atoms with van der Waals surface area (Å²) in [5, 5.41) is 9.25. The van der Waals surface area contributed by atoms with E-state index in [1.54, 1.807) is 16.7 Å². The van der Waals surface area contributed by atoms with E-state index in [4.69, 9.17) is 0 Å². The Morgan fingerprint density at radius 1 is 0.778 bits per heavy atom. The second-order valence-electron chi connectivity index (χ2n) is 16.3. The first-order valence-electron chi connectivity index (χ1n) is 19.6. The molecule has 0 spiro atoms. The number of carbonyl (C=O) groups is 1. The number of anilines is 1. The molecule has 338 valence electrons. The van der Waals surface area contributed by atoms with Gasteiger partial charge in [-0.15, -0.1) is 0 Å². The molecule has 5 rings (SSSR count). The summed E-state index contributed by atoms with van der Waals surface area (Å²) >= 11 is 0. The molecule has 0 atom stereocenters. The fourth-order valence-electron chi connectivity index (χ4n) is 8.10. The minimum absolute atomic E-state index is 0. The van der Waals surface area contributed by atoms with Crippen molar-refractivity contribution in [1.29, 1.82) is 0 Å². The number of carboxylic acids is 1. The zero-order valence-electron chi connectivity index (χ0n) is 34.6. The van der Waals surface area contributed by atoms with E-state index in [0.29, 0.717) is 58.7 Å². The Hall–Kier alpha value is -3.54. The molecule has 0 bridgehead atoms. The van der Waals surface area contributed by atoms with Crippen molar-refractivity contribution < 1.29 is 66.4 Å². The van der Waals surface area contributed by atoms with E-state index in [-0.39, 0.29) is 66.8 Å². The zero-order chi connectivity index (χ0) is 46.1. The molecule has 0 aromatic heterocycles. The Balaban J connectivity index is 0.00000871. The minimum atomic E-state index is -4.84. The summed E-state index contributed by atoms with van der Waals surface area (Å²) < 4.78 is 138. The Morgan fingerprint density at radius 2 is 1.40 bits per heavy atom. The van der Waals surface area contributed by atoms with E-state index in [1.165, 1.54) is 36.4 Å². The van der Waals surface area contributed by atoms with Gasteiger partial charge in [0.2, 0.25) is 5.69 Å². The molecule has 0 unspecified atom stereocenters. The number of aliphatic carboxylic acids is 1. The number of unbranched alkanes of at least 4 members (excludes halogenated alkanes) is 1. The molecule has 0 radical (unpaired) electrons. The Morgan fingerprint density at radius 3 is 2.02 bits per heavy atom. The molecule has 0 amide bonds. The Labute approximate surface area is 391 Å². The number of carboxylic acid groups (broad SMARTS) is 1. The van der Waals surface area contributed by atoms with Gasteiger partial charge in [0.25, 0.3) is 30.4 Å². The van der Waals surface area contributed by atoms with Gasteiger partial charge < -0.3 is 14.6 Å². The summed E-state index contributed by atoms with van der Waals surface area (Å²) in [6, 6.07) is 15.5. The SMILES string of the molecule is CC1(C)C(=CC=C(C=CC2=[N+](CCCS(=O)(=O)O)c3ccc(S(=O)(=O)[O-])cc3C2(C)C)c2ccccc2CCCCC(=O)O)N(CCCS(=O)(=O)O)c2ccc(S(=O)(=O)O)cc21.[NaH]. The van der Waals surface area contributed by atoms with Gasteiger partial charge in [0.05, 0.1) is 26.7 Å². The first-order valence-corrected chi connectivity index (χ1v) is 25.6. The van der Waals surface area contributed by atoms with Crippen LogP contribution in [0.3, 0.4) is 0 Å². The standard InChI is InChI=1S/C42H50N2O14S4.Na.H/c1-41(2)34-27-31(61(53,54)55)17-19-36(34)43(23-9-25-59(47,48)49)38(41)21-15-30(33-13-7-5-11-29(33)12-6-8-14-40(45)46)16-22-39-42(3,4)35-28-32(62(56,57)58)18-20-37(35)44(39)24-10-26-60(50,51)52;;/h5,7,11,13,15-22,27-28H,6,8-10,12,14,23-26H2,1-4H3,(H4-,45,46,47,48,49,50,51,52,53,54,55,56,57,58);;. The van der Waals surface area contributed by atoms with Crippen molar-refractivity contribution in [3.63, 3.8) is 0 Å². The van der Waals surface area contributed by atoms with Gasteiger partial charge in [0.1, 0.15) is 16.7 Å². The van der Waals surface area contributed by atoms with Crippen LogP contribution in [0.5, 0.6) is 0 Å². The third-order valence-corrected chi connectivity index (χ3v) is 14.4. The predicted octanol–water partition coefficient (Wildman–Crippen LogP) is 5.24. The van der Waals surface area contributed by atoms with Crippen LogP contribution in [0.25, 0.3) is 5.57 Å². The molecule has 3 aromatic carbocycles. The molecule has 2 heterocycles. The van der Waals surface area contributed by atoms with Gasteiger partial charge in [0, 0.05) is 53.9 Å². The molecule has 2 aliphatic heterocycles. The summed E-state index contributed by atoms with van der Waals surface area (Å²) in [4.78, 5) is 12.3. The number of fused-ring (bicyclic) bond motifs is 2. The van der Waals surface area contributed by atoms with Gasteiger partial charge in [-0.3, -0.25) is 18.5 Å². The Bertz CT molecular complexity index is 2850. The van der Waals surface area contributed by atoms with Crippen molar-refractivity contribution in [2.75, 3.05) is 29.5 Å². The second-order valence-corrected chi connectivity index (χ2v) is 22.2. The van der Waals surface area contributed by atoms with Crippen molar-refractivity contribution in [1.82, 2.24) is 0 Å². The van der Waals surface area contributed by atoms with Crippen molar-refractivity contribution in [3.8, 4) is 0 Å². The van der Waals surface area contributed by atoms with Crippen molar-refractivity contribution in [3.05, 3.63) is 113 Å². The summed E-state index contributed by atoms with van der Waals surface area (Å²) in [6.45, 7) is 7.49. The van der Waals surface area contributed by atoms with E-state index >= 15 is 0 Å². The summed E-state index contributed by atoms with van der Waals surface area (Å²) in [5.41, 5.74) is 3.66. The number of hydrogen-bond donors (Lipinski definition) is 4. The molecule has 4 N–H and O–H groups in total. The van der Waals surface area contributed by atoms with E-state index in [1.807, 2.05) is 69.0 Å². The first kappa shape index (κ1) is 52.1. The molecular formula is C42H51N2NaO14S4. The van der Waals surface area contributed by atoms with Gasteiger partial charge in [-0.2, -0.15) is 29.8 Å². The molecule has 21 heteroatoms. The fraction of sp³-hybridized carbons (Fsp3) is 0.381. The molecule has 0 fully saturated rings. The molecule has 2 aliphatic rings. The van der Waals surface area contributed by atoms with Gasteiger partial charge in [-0.05, 0) is 104 Å². The topological polar surface area (TPSA) is 264 Å². The van der Waals surface area contributed by atoms with Crippen LogP contribution in [0.1, 0.15) is 82.1 Å². The van der Waals surface area contributed by atoms with Gasteiger partial charge in [-0.1, -0.05) is 44.2 Å². The number of benzene rings is 3. The van der Waals surface area contributed by atoms with E-state index < -0.39 is 73.7 Å². The molecule has 16 nitrogen and oxygen atoms in total. The average Bonchev–Trinajstić information content (AvgIpc) is 3.49. The third kappa shape index (κ3) is 12.8. The molecular weight excluding hydrogens is 908 g/mol. The average molecular weight is 959 g/mol. The molecule has 0 saturated heterocycles. The zero-order valence-corrected chi connectivity index (χ0v) is 37.8. The molecule has 0 saturated carbocycles. The number of allylic oxidation sites excluding steroid dienone is 6. The third-order valence-electron chi connectivity index (χ3n) is 11.1. The maximum absolute atomic E-state index is 12.2. The number of rotatable bonds is 19. The van der Waals surface area contributed by atoms with Gasteiger partial charge >= 0.3 is 35.5 Å². The predicted molar refractivity (Wildman–Crippen MR) is 240 cm³/mol. The molecule has 63 heavy (non-hydrogen) atoms. The first-order chi connectivity index (χ1) is 28.6.